The standard InChI is InChI=1S/C19H30OSi/c1-17(11-10-14-18-12-8-7-9-13-18)15-16-20-21(5,6)19(2,3)4/h7-10,12-14H,1,11,15-16H2,2-6H3/b14-10+. The molecule has 0 radical (unpaired) electrons. The second-order valence-electron chi connectivity index (χ2n) is 7.13. The van der Waals surface area contributed by atoms with Gasteiger partial charge in [-0.1, -0.05) is 75.4 Å². The van der Waals surface area contributed by atoms with Crippen LogP contribution in [0, 0.1) is 0 Å². The van der Waals surface area contributed by atoms with Gasteiger partial charge in [-0.05, 0) is 36.5 Å². The first-order valence-electron chi connectivity index (χ1n) is 7.74. The predicted molar refractivity (Wildman–Crippen MR) is 97.0 cm³/mol. The lowest BCUT2D eigenvalue weighted by molar-refractivity contribution is 0.291. The molecule has 0 bridgehead atoms. The Kier molecular flexibility index (Phi) is 6.63. The largest absolute Gasteiger partial charge is 0.417 e. The lowest BCUT2D eigenvalue weighted by Crippen LogP contribution is -2.41. The third kappa shape index (κ3) is 6.45. The molecule has 0 aliphatic rings. The van der Waals surface area contributed by atoms with E-state index in [0.29, 0.717) is 0 Å². The molecule has 1 aromatic carbocycles. The van der Waals surface area contributed by atoms with Gasteiger partial charge < -0.3 is 4.43 Å². The fourth-order valence-electron chi connectivity index (χ4n) is 1.69. The number of rotatable bonds is 7. The van der Waals surface area contributed by atoms with Crippen molar-refractivity contribution >= 4 is 14.4 Å². The Morgan fingerprint density at radius 1 is 1.19 bits per heavy atom. The van der Waals surface area contributed by atoms with Crippen LogP contribution in [0.1, 0.15) is 39.2 Å². The Balaban J connectivity index is 2.31. The molecule has 1 rings (SSSR count). The number of hydrogen-bond donors (Lipinski definition) is 0. The molecule has 0 amide bonds. The summed E-state index contributed by atoms with van der Waals surface area (Å²) < 4.78 is 6.18. The molecule has 116 valence electrons. The van der Waals surface area contributed by atoms with Crippen LogP contribution in [0.2, 0.25) is 18.1 Å². The highest BCUT2D eigenvalue weighted by Gasteiger charge is 2.36. The molecule has 0 spiro atoms. The molecule has 21 heavy (non-hydrogen) atoms. The molecule has 2 heteroatoms. The van der Waals surface area contributed by atoms with Gasteiger partial charge in [0.2, 0.25) is 0 Å². The van der Waals surface area contributed by atoms with E-state index in [0.717, 1.165) is 19.4 Å². The number of allylic oxidation sites excluding steroid dienone is 1. The molecule has 0 atom stereocenters. The van der Waals surface area contributed by atoms with E-state index in [2.05, 4.69) is 76.9 Å². The molecular formula is C19H30OSi. The van der Waals surface area contributed by atoms with Crippen molar-refractivity contribution in [2.24, 2.45) is 0 Å². The molecule has 0 heterocycles. The minimum absolute atomic E-state index is 0.279. The molecule has 0 aromatic heterocycles. The molecule has 1 aromatic rings. The first-order valence-corrected chi connectivity index (χ1v) is 10.7. The van der Waals surface area contributed by atoms with Gasteiger partial charge in [0.05, 0.1) is 0 Å². The number of hydrogen-bond acceptors (Lipinski definition) is 1. The summed E-state index contributed by atoms with van der Waals surface area (Å²) in [6.45, 7) is 16.4. The second-order valence-corrected chi connectivity index (χ2v) is 11.9. The Morgan fingerprint density at radius 2 is 1.81 bits per heavy atom. The monoisotopic (exact) mass is 302 g/mol. The van der Waals surface area contributed by atoms with E-state index in [-0.39, 0.29) is 5.04 Å². The van der Waals surface area contributed by atoms with Crippen LogP contribution < -0.4 is 0 Å². The molecule has 0 N–H and O–H groups in total. The smallest absolute Gasteiger partial charge is 0.191 e. The lowest BCUT2D eigenvalue weighted by Gasteiger charge is -2.36. The summed E-state index contributed by atoms with van der Waals surface area (Å²) in [5.41, 5.74) is 2.48. The molecular weight excluding hydrogens is 272 g/mol. The van der Waals surface area contributed by atoms with E-state index in [1.165, 1.54) is 11.1 Å². The fourth-order valence-corrected chi connectivity index (χ4v) is 2.74. The van der Waals surface area contributed by atoms with E-state index >= 15 is 0 Å². The van der Waals surface area contributed by atoms with Crippen molar-refractivity contribution < 1.29 is 4.43 Å². The highest BCUT2D eigenvalue weighted by Crippen LogP contribution is 2.36. The molecule has 0 saturated heterocycles. The van der Waals surface area contributed by atoms with Crippen LogP contribution >= 0.6 is 0 Å². The summed E-state index contributed by atoms with van der Waals surface area (Å²) in [6, 6.07) is 10.4. The van der Waals surface area contributed by atoms with E-state index in [9.17, 15) is 0 Å². The Labute approximate surface area is 131 Å². The van der Waals surface area contributed by atoms with Crippen molar-refractivity contribution in [2.45, 2.75) is 51.7 Å². The maximum Gasteiger partial charge on any atom is 0.191 e. The van der Waals surface area contributed by atoms with Gasteiger partial charge in [-0.25, -0.2) is 0 Å². The zero-order valence-electron chi connectivity index (χ0n) is 14.3. The van der Waals surface area contributed by atoms with Crippen LogP contribution in [0.25, 0.3) is 6.08 Å². The summed E-state index contributed by atoms with van der Waals surface area (Å²) in [5, 5.41) is 0.279. The fraction of sp³-hybridized carbons (Fsp3) is 0.474. The highest BCUT2D eigenvalue weighted by atomic mass is 28.4. The molecule has 0 aliphatic heterocycles. The van der Waals surface area contributed by atoms with Crippen molar-refractivity contribution in [1.29, 1.82) is 0 Å². The van der Waals surface area contributed by atoms with Gasteiger partial charge in [0.1, 0.15) is 0 Å². The van der Waals surface area contributed by atoms with Crippen LogP contribution in [-0.4, -0.2) is 14.9 Å². The van der Waals surface area contributed by atoms with Crippen LogP contribution in [0.3, 0.4) is 0 Å². The third-order valence-electron chi connectivity index (χ3n) is 4.24. The lowest BCUT2D eigenvalue weighted by atomic mass is 10.1. The van der Waals surface area contributed by atoms with E-state index in [1.807, 2.05) is 6.07 Å². The summed E-state index contributed by atoms with van der Waals surface area (Å²) in [7, 11) is -1.61. The summed E-state index contributed by atoms with van der Waals surface area (Å²) in [6.07, 6.45) is 6.21. The summed E-state index contributed by atoms with van der Waals surface area (Å²) >= 11 is 0. The third-order valence-corrected chi connectivity index (χ3v) is 8.78. The average molecular weight is 303 g/mol. The molecule has 0 aliphatic carbocycles. The Bertz CT molecular complexity index is 466. The molecule has 1 nitrogen and oxygen atoms in total. The van der Waals surface area contributed by atoms with Crippen LogP contribution in [-0.2, 0) is 4.43 Å². The van der Waals surface area contributed by atoms with Crippen molar-refractivity contribution in [3.05, 3.63) is 54.1 Å². The van der Waals surface area contributed by atoms with Crippen molar-refractivity contribution in [2.75, 3.05) is 6.61 Å². The SMILES string of the molecule is C=C(C/C=C/c1ccccc1)CCO[Si](C)(C)C(C)(C)C. The van der Waals surface area contributed by atoms with Gasteiger partial charge in [0.25, 0.3) is 0 Å². The second kappa shape index (κ2) is 7.76. The highest BCUT2D eigenvalue weighted by molar-refractivity contribution is 6.74. The Hall–Kier alpha value is -1.12. The average Bonchev–Trinajstić information content (AvgIpc) is 2.38. The van der Waals surface area contributed by atoms with Gasteiger partial charge in [-0.2, -0.15) is 0 Å². The number of benzene rings is 1. The first-order chi connectivity index (χ1) is 9.72. The van der Waals surface area contributed by atoms with Gasteiger partial charge in [0, 0.05) is 6.61 Å². The van der Waals surface area contributed by atoms with Gasteiger partial charge in [0.15, 0.2) is 8.32 Å². The molecule has 0 unspecified atom stereocenters. The Morgan fingerprint density at radius 3 is 2.38 bits per heavy atom. The van der Waals surface area contributed by atoms with Crippen molar-refractivity contribution in [1.82, 2.24) is 0 Å². The maximum atomic E-state index is 6.18. The zero-order valence-corrected chi connectivity index (χ0v) is 15.3. The van der Waals surface area contributed by atoms with Crippen molar-refractivity contribution in [3.8, 4) is 0 Å². The maximum absolute atomic E-state index is 6.18. The predicted octanol–water partition coefficient (Wildman–Crippen LogP) is 6.06. The molecule has 0 saturated carbocycles. The van der Waals surface area contributed by atoms with E-state index in [1.54, 1.807) is 0 Å². The van der Waals surface area contributed by atoms with Gasteiger partial charge in [-0.15, -0.1) is 0 Å². The molecule has 0 fully saturated rings. The van der Waals surface area contributed by atoms with Crippen LogP contribution in [0.4, 0.5) is 0 Å². The van der Waals surface area contributed by atoms with E-state index in [4.69, 9.17) is 4.43 Å². The van der Waals surface area contributed by atoms with Crippen LogP contribution in [0.15, 0.2) is 48.6 Å². The normalized spacial score (nSPS) is 12.8. The quantitative estimate of drug-likeness (QED) is 0.439. The minimum atomic E-state index is -1.61. The zero-order chi connectivity index (χ0) is 15.9. The van der Waals surface area contributed by atoms with Gasteiger partial charge in [-0.3, -0.25) is 0 Å². The minimum Gasteiger partial charge on any atom is -0.417 e. The van der Waals surface area contributed by atoms with Gasteiger partial charge >= 0.3 is 0 Å². The summed E-state index contributed by atoms with van der Waals surface area (Å²) in [4.78, 5) is 0. The van der Waals surface area contributed by atoms with Crippen LogP contribution in [0.5, 0.6) is 0 Å². The topological polar surface area (TPSA) is 9.23 Å². The van der Waals surface area contributed by atoms with Crippen molar-refractivity contribution in [3.63, 3.8) is 0 Å². The summed E-state index contributed by atoms with van der Waals surface area (Å²) in [5.74, 6) is 0. The first kappa shape index (κ1) is 17.9. The van der Waals surface area contributed by atoms with E-state index < -0.39 is 8.32 Å².